The quantitative estimate of drug-likeness (QED) is 0.919. The van der Waals surface area contributed by atoms with E-state index in [1.165, 1.54) is 0 Å². The first kappa shape index (κ1) is 15.1. The number of carbonyl (C=O) groups excluding carboxylic acids is 1. The highest BCUT2D eigenvalue weighted by molar-refractivity contribution is 6.06. The molecule has 0 radical (unpaired) electrons. The molecule has 5 heteroatoms. The number of rotatable bonds is 5. The first-order valence-electron chi connectivity index (χ1n) is 7.14. The van der Waals surface area contributed by atoms with E-state index in [-0.39, 0.29) is 5.91 Å². The lowest BCUT2D eigenvalue weighted by Crippen LogP contribution is -2.13. The van der Waals surface area contributed by atoms with Gasteiger partial charge < -0.3 is 10.1 Å². The number of nitrogens with one attached hydrogen (secondary N) is 1. The molecule has 21 heavy (non-hydrogen) atoms. The lowest BCUT2D eigenvalue weighted by molar-refractivity contribution is 0.102. The molecule has 2 aromatic rings. The predicted octanol–water partition coefficient (Wildman–Crippen LogP) is 3.17. The standard InChI is InChI=1S/C16H21N3O2/c1-5-19-10-13(16(18-19)21-6-2)15(20)17-14-9-7-8-11(3)12(14)4/h7-10H,5-6H2,1-4H3,(H,17,20). The first-order chi connectivity index (χ1) is 10.1. The molecule has 0 atom stereocenters. The minimum absolute atomic E-state index is 0.202. The van der Waals surface area contributed by atoms with Gasteiger partial charge in [-0.2, -0.15) is 0 Å². The van der Waals surface area contributed by atoms with E-state index >= 15 is 0 Å². The summed E-state index contributed by atoms with van der Waals surface area (Å²) in [5, 5.41) is 7.19. The van der Waals surface area contributed by atoms with Gasteiger partial charge in [-0.1, -0.05) is 12.1 Å². The predicted molar refractivity (Wildman–Crippen MR) is 82.9 cm³/mol. The number of benzene rings is 1. The Balaban J connectivity index is 2.27. The van der Waals surface area contributed by atoms with E-state index in [0.717, 1.165) is 16.8 Å². The van der Waals surface area contributed by atoms with Gasteiger partial charge in [0.2, 0.25) is 5.88 Å². The first-order valence-corrected chi connectivity index (χ1v) is 7.14. The fourth-order valence-electron chi connectivity index (χ4n) is 2.04. The number of anilines is 1. The van der Waals surface area contributed by atoms with Gasteiger partial charge in [0.05, 0.1) is 6.61 Å². The molecule has 1 aromatic carbocycles. The van der Waals surface area contributed by atoms with Crippen molar-refractivity contribution in [1.29, 1.82) is 0 Å². The van der Waals surface area contributed by atoms with Gasteiger partial charge >= 0.3 is 0 Å². The lowest BCUT2D eigenvalue weighted by atomic mass is 10.1. The van der Waals surface area contributed by atoms with Crippen LogP contribution in [0.25, 0.3) is 0 Å². The van der Waals surface area contributed by atoms with Gasteiger partial charge in [0.25, 0.3) is 5.91 Å². The maximum absolute atomic E-state index is 12.5. The monoisotopic (exact) mass is 287 g/mol. The molecule has 2 rings (SSSR count). The average Bonchev–Trinajstić information content (AvgIpc) is 2.87. The Morgan fingerprint density at radius 2 is 2.10 bits per heavy atom. The number of aromatic nitrogens is 2. The van der Waals surface area contributed by atoms with Crippen molar-refractivity contribution < 1.29 is 9.53 Å². The molecule has 0 spiro atoms. The van der Waals surface area contributed by atoms with E-state index in [1.807, 2.05) is 45.9 Å². The van der Waals surface area contributed by atoms with Crippen LogP contribution in [-0.4, -0.2) is 22.3 Å². The van der Waals surface area contributed by atoms with Crippen LogP contribution >= 0.6 is 0 Å². The highest BCUT2D eigenvalue weighted by atomic mass is 16.5. The van der Waals surface area contributed by atoms with Gasteiger partial charge in [0, 0.05) is 18.4 Å². The zero-order valence-electron chi connectivity index (χ0n) is 12.9. The summed E-state index contributed by atoms with van der Waals surface area (Å²) in [6, 6.07) is 5.84. The Kier molecular flexibility index (Phi) is 4.62. The van der Waals surface area contributed by atoms with Crippen molar-refractivity contribution in [3.8, 4) is 5.88 Å². The lowest BCUT2D eigenvalue weighted by Gasteiger charge is -2.10. The maximum atomic E-state index is 12.5. The summed E-state index contributed by atoms with van der Waals surface area (Å²) in [5.41, 5.74) is 3.47. The van der Waals surface area contributed by atoms with Gasteiger partial charge in [-0.15, -0.1) is 5.10 Å². The van der Waals surface area contributed by atoms with Gasteiger partial charge in [-0.25, -0.2) is 0 Å². The van der Waals surface area contributed by atoms with Crippen molar-refractivity contribution in [3.05, 3.63) is 41.1 Å². The largest absolute Gasteiger partial charge is 0.476 e. The smallest absolute Gasteiger partial charge is 0.262 e. The second-order valence-corrected chi connectivity index (χ2v) is 4.84. The number of amides is 1. The molecule has 0 aliphatic rings. The topological polar surface area (TPSA) is 56.2 Å². The summed E-state index contributed by atoms with van der Waals surface area (Å²) in [7, 11) is 0. The Hall–Kier alpha value is -2.30. The fraction of sp³-hybridized carbons (Fsp3) is 0.375. The third-order valence-electron chi connectivity index (χ3n) is 3.43. The molecule has 0 saturated heterocycles. The van der Waals surface area contributed by atoms with Crippen LogP contribution in [0, 0.1) is 13.8 Å². The van der Waals surface area contributed by atoms with Crippen LogP contribution in [0.15, 0.2) is 24.4 Å². The minimum atomic E-state index is -0.202. The number of hydrogen-bond donors (Lipinski definition) is 1. The van der Waals surface area contributed by atoms with Crippen molar-refractivity contribution >= 4 is 11.6 Å². The molecule has 0 fully saturated rings. The van der Waals surface area contributed by atoms with Gasteiger partial charge in [-0.3, -0.25) is 9.48 Å². The van der Waals surface area contributed by atoms with Crippen molar-refractivity contribution in [2.75, 3.05) is 11.9 Å². The second kappa shape index (κ2) is 6.43. The van der Waals surface area contributed by atoms with Crippen LogP contribution in [0.2, 0.25) is 0 Å². The van der Waals surface area contributed by atoms with E-state index in [2.05, 4.69) is 10.4 Å². The fourth-order valence-corrected chi connectivity index (χ4v) is 2.04. The Labute approximate surface area is 124 Å². The SMILES string of the molecule is CCOc1nn(CC)cc1C(=O)Nc1cccc(C)c1C. The van der Waals surface area contributed by atoms with Crippen LogP contribution in [0.4, 0.5) is 5.69 Å². The third-order valence-corrected chi connectivity index (χ3v) is 3.43. The summed E-state index contributed by atoms with van der Waals surface area (Å²) in [4.78, 5) is 12.5. The van der Waals surface area contributed by atoms with Crippen LogP contribution < -0.4 is 10.1 Å². The van der Waals surface area contributed by atoms with E-state index in [0.29, 0.717) is 24.6 Å². The normalized spacial score (nSPS) is 10.5. The summed E-state index contributed by atoms with van der Waals surface area (Å²) in [6.07, 6.45) is 1.71. The van der Waals surface area contributed by atoms with Crippen molar-refractivity contribution in [2.24, 2.45) is 0 Å². The molecular weight excluding hydrogens is 266 g/mol. The van der Waals surface area contributed by atoms with Crippen LogP contribution in [-0.2, 0) is 6.54 Å². The molecule has 0 aliphatic carbocycles. The van der Waals surface area contributed by atoms with Gasteiger partial charge in [0.1, 0.15) is 5.56 Å². The molecule has 0 bridgehead atoms. The maximum Gasteiger partial charge on any atom is 0.262 e. The van der Waals surface area contributed by atoms with Crippen molar-refractivity contribution in [1.82, 2.24) is 9.78 Å². The number of nitrogens with zero attached hydrogens (tertiary/aromatic N) is 2. The summed E-state index contributed by atoms with van der Waals surface area (Å²) in [6.45, 7) is 9.02. The van der Waals surface area contributed by atoms with Gasteiger partial charge in [0.15, 0.2) is 0 Å². The average molecular weight is 287 g/mol. The summed E-state index contributed by atoms with van der Waals surface area (Å²) in [5.74, 6) is 0.175. The highest BCUT2D eigenvalue weighted by Crippen LogP contribution is 2.22. The molecular formula is C16H21N3O2. The second-order valence-electron chi connectivity index (χ2n) is 4.84. The van der Waals surface area contributed by atoms with Crippen LogP contribution in [0.1, 0.15) is 35.3 Å². The van der Waals surface area contributed by atoms with Crippen molar-refractivity contribution in [2.45, 2.75) is 34.2 Å². The van der Waals surface area contributed by atoms with Crippen LogP contribution in [0.3, 0.4) is 0 Å². The molecule has 1 N–H and O–H groups in total. The van der Waals surface area contributed by atoms with E-state index in [4.69, 9.17) is 4.74 Å². The number of aryl methyl sites for hydroxylation is 2. The molecule has 0 unspecified atom stereocenters. The zero-order chi connectivity index (χ0) is 15.4. The highest BCUT2D eigenvalue weighted by Gasteiger charge is 2.18. The Bertz CT molecular complexity index is 647. The summed E-state index contributed by atoms with van der Waals surface area (Å²) >= 11 is 0. The van der Waals surface area contributed by atoms with Crippen LogP contribution in [0.5, 0.6) is 5.88 Å². The molecule has 1 aromatic heterocycles. The number of hydrogen-bond acceptors (Lipinski definition) is 3. The molecule has 5 nitrogen and oxygen atoms in total. The van der Waals surface area contributed by atoms with E-state index in [1.54, 1.807) is 10.9 Å². The molecule has 112 valence electrons. The molecule has 1 heterocycles. The minimum Gasteiger partial charge on any atom is -0.476 e. The Morgan fingerprint density at radius 1 is 1.33 bits per heavy atom. The van der Waals surface area contributed by atoms with Crippen molar-refractivity contribution in [3.63, 3.8) is 0 Å². The number of carbonyl (C=O) groups is 1. The third kappa shape index (κ3) is 3.24. The summed E-state index contributed by atoms with van der Waals surface area (Å²) < 4.78 is 7.14. The molecule has 1 amide bonds. The van der Waals surface area contributed by atoms with E-state index in [9.17, 15) is 4.79 Å². The number of ether oxygens (including phenoxy) is 1. The van der Waals surface area contributed by atoms with E-state index < -0.39 is 0 Å². The van der Waals surface area contributed by atoms with Gasteiger partial charge in [-0.05, 0) is 44.9 Å². The Morgan fingerprint density at radius 3 is 2.76 bits per heavy atom. The molecule has 0 aliphatic heterocycles. The molecule has 0 saturated carbocycles. The zero-order valence-corrected chi connectivity index (χ0v) is 12.9.